The van der Waals surface area contributed by atoms with Crippen molar-refractivity contribution in [3.8, 4) is 0 Å². The molecule has 0 bridgehead atoms. The predicted molar refractivity (Wildman–Crippen MR) is 77.3 cm³/mol. The number of halogens is 2. The van der Waals surface area contributed by atoms with Gasteiger partial charge in [-0.15, -0.1) is 0 Å². The molecule has 1 fully saturated rings. The largest absolute Gasteiger partial charge is 0.382 e. The van der Waals surface area contributed by atoms with E-state index in [-0.39, 0.29) is 5.82 Å². The summed E-state index contributed by atoms with van der Waals surface area (Å²) in [5.74, 6) is 0.319. The number of hydrogen-bond acceptors (Lipinski definition) is 2. The van der Waals surface area contributed by atoms with Crippen LogP contribution in [0.1, 0.15) is 31.2 Å². The first-order valence-corrected chi connectivity index (χ1v) is 7.33. The minimum atomic E-state index is -0.211. The molecule has 2 rings (SSSR count). The highest BCUT2D eigenvalue weighted by Gasteiger charge is 2.24. The van der Waals surface area contributed by atoms with Crippen molar-refractivity contribution >= 4 is 21.6 Å². The van der Waals surface area contributed by atoms with Crippen molar-refractivity contribution in [3.05, 3.63) is 28.0 Å². The lowest BCUT2D eigenvalue weighted by molar-refractivity contribution is 0.332. The first kappa shape index (κ1) is 13.8. The Morgan fingerprint density at radius 2 is 2.11 bits per heavy atom. The average Bonchev–Trinajstić information content (AvgIpc) is 2.36. The molecule has 0 aromatic heterocycles. The molecule has 2 atom stereocenters. The van der Waals surface area contributed by atoms with Crippen molar-refractivity contribution in [1.29, 1.82) is 0 Å². The zero-order valence-electron chi connectivity index (χ0n) is 10.7. The number of nitrogens with two attached hydrogens (primary N) is 1. The Labute approximate surface area is 116 Å². The van der Waals surface area contributed by atoms with E-state index in [1.807, 2.05) is 13.0 Å². The molecule has 0 radical (unpaired) electrons. The van der Waals surface area contributed by atoms with Gasteiger partial charge in [0.1, 0.15) is 5.82 Å². The van der Waals surface area contributed by atoms with Gasteiger partial charge in [-0.1, -0.05) is 12.8 Å². The van der Waals surface area contributed by atoms with Crippen LogP contribution < -0.4 is 11.1 Å². The summed E-state index contributed by atoms with van der Waals surface area (Å²) < 4.78 is 13.9. The van der Waals surface area contributed by atoms with Gasteiger partial charge in [0, 0.05) is 11.7 Å². The SMILES string of the molecule is Cc1cc(F)c(Br)cc1NC1CCCCC1CN. The fourth-order valence-electron chi connectivity index (χ4n) is 2.68. The molecule has 2 unspecified atom stereocenters. The molecule has 0 amide bonds. The van der Waals surface area contributed by atoms with Crippen LogP contribution in [0.5, 0.6) is 0 Å². The second-order valence-electron chi connectivity index (χ2n) is 5.11. The minimum absolute atomic E-state index is 0.211. The molecule has 0 aliphatic heterocycles. The summed E-state index contributed by atoms with van der Waals surface area (Å²) in [7, 11) is 0. The van der Waals surface area contributed by atoms with Gasteiger partial charge in [-0.2, -0.15) is 0 Å². The lowest BCUT2D eigenvalue weighted by atomic mass is 9.84. The first-order chi connectivity index (χ1) is 8.61. The maximum Gasteiger partial charge on any atom is 0.137 e. The molecule has 1 aromatic rings. The van der Waals surface area contributed by atoms with Crippen molar-refractivity contribution in [2.24, 2.45) is 11.7 Å². The molecular formula is C14H20BrFN2. The molecule has 3 N–H and O–H groups in total. The normalized spacial score (nSPS) is 24.0. The van der Waals surface area contributed by atoms with Gasteiger partial charge in [0.25, 0.3) is 0 Å². The molecule has 0 heterocycles. The summed E-state index contributed by atoms with van der Waals surface area (Å²) in [6.07, 6.45) is 4.85. The van der Waals surface area contributed by atoms with Crippen LogP contribution in [0.3, 0.4) is 0 Å². The highest BCUT2D eigenvalue weighted by atomic mass is 79.9. The monoisotopic (exact) mass is 314 g/mol. The second-order valence-corrected chi connectivity index (χ2v) is 5.97. The van der Waals surface area contributed by atoms with Gasteiger partial charge in [0.05, 0.1) is 4.47 Å². The van der Waals surface area contributed by atoms with Crippen molar-refractivity contribution < 1.29 is 4.39 Å². The van der Waals surface area contributed by atoms with Crippen molar-refractivity contribution in [1.82, 2.24) is 0 Å². The van der Waals surface area contributed by atoms with Crippen LogP contribution in [0.25, 0.3) is 0 Å². The van der Waals surface area contributed by atoms with E-state index in [2.05, 4.69) is 21.2 Å². The number of nitrogens with one attached hydrogen (secondary N) is 1. The van der Waals surface area contributed by atoms with Gasteiger partial charge >= 0.3 is 0 Å². The van der Waals surface area contributed by atoms with Crippen LogP contribution in [-0.2, 0) is 0 Å². The summed E-state index contributed by atoms with van der Waals surface area (Å²) in [6.45, 7) is 2.65. The lowest BCUT2D eigenvalue weighted by Gasteiger charge is -2.32. The van der Waals surface area contributed by atoms with E-state index < -0.39 is 0 Å². The molecular weight excluding hydrogens is 295 g/mol. The molecule has 1 saturated carbocycles. The Hall–Kier alpha value is -0.610. The standard InChI is InChI=1S/C14H20BrFN2/c1-9-6-12(16)11(15)7-14(9)18-13-5-3-2-4-10(13)8-17/h6-7,10,13,18H,2-5,8,17H2,1H3. The highest BCUT2D eigenvalue weighted by molar-refractivity contribution is 9.10. The average molecular weight is 315 g/mol. The van der Waals surface area contributed by atoms with Gasteiger partial charge in [-0.25, -0.2) is 4.39 Å². The zero-order chi connectivity index (χ0) is 13.1. The Morgan fingerprint density at radius 3 is 2.83 bits per heavy atom. The maximum absolute atomic E-state index is 13.4. The third-order valence-electron chi connectivity index (χ3n) is 3.82. The van der Waals surface area contributed by atoms with Crippen molar-refractivity contribution in [2.45, 2.75) is 38.6 Å². The predicted octanol–water partition coefficient (Wildman–Crippen LogP) is 3.83. The van der Waals surface area contributed by atoms with Crippen LogP contribution in [-0.4, -0.2) is 12.6 Å². The van der Waals surface area contributed by atoms with E-state index in [1.54, 1.807) is 6.07 Å². The molecule has 18 heavy (non-hydrogen) atoms. The third kappa shape index (κ3) is 3.04. The van der Waals surface area contributed by atoms with Crippen LogP contribution in [0.15, 0.2) is 16.6 Å². The number of benzene rings is 1. The number of aryl methyl sites for hydroxylation is 1. The fourth-order valence-corrected chi connectivity index (χ4v) is 3.02. The fraction of sp³-hybridized carbons (Fsp3) is 0.571. The van der Waals surface area contributed by atoms with E-state index in [0.29, 0.717) is 16.4 Å². The molecule has 0 spiro atoms. The topological polar surface area (TPSA) is 38.0 Å². The van der Waals surface area contributed by atoms with E-state index in [1.165, 1.54) is 19.3 Å². The zero-order valence-corrected chi connectivity index (χ0v) is 12.3. The van der Waals surface area contributed by atoms with Gasteiger partial charge in [-0.3, -0.25) is 0 Å². The highest BCUT2D eigenvalue weighted by Crippen LogP contribution is 2.30. The van der Waals surface area contributed by atoms with Crippen molar-refractivity contribution in [2.75, 3.05) is 11.9 Å². The van der Waals surface area contributed by atoms with Crippen LogP contribution in [0, 0.1) is 18.7 Å². The van der Waals surface area contributed by atoms with E-state index in [0.717, 1.165) is 24.2 Å². The van der Waals surface area contributed by atoms with Crippen LogP contribution in [0.4, 0.5) is 10.1 Å². The van der Waals surface area contributed by atoms with Crippen LogP contribution >= 0.6 is 15.9 Å². The van der Waals surface area contributed by atoms with Gasteiger partial charge < -0.3 is 11.1 Å². The van der Waals surface area contributed by atoms with Gasteiger partial charge in [0.15, 0.2) is 0 Å². The number of rotatable bonds is 3. The Kier molecular flexibility index (Phi) is 4.62. The second kappa shape index (κ2) is 6.02. The molecule has 1 aliphatic rings. The van der Waals surface area contributed by atoms with Crippen LogP contribution in [0.2, 0.25) is 0 Å². The Balaban J connectivity index is 2.15. The quantitative estimate of drug-likeness (QED) is 0.890. The number of hydrogen-bond donors (Lipinski definition) is 2. The van der Waals surface area contributed by atoms with Crippen molar-refractivity contribution in [3.63, 3.8) is 0 Å². The maximum atomic E-state index is 13.4. The number of anilines is 1. The summed E-state index contributed by atoms with van der Waals surface area (Å²) in [4.78, 5) is 0. The molecule has 1 aromatic carbocycles. The summed E-state index contributed by atoms with van der Waals surface area (Å²) in [5, 5.41) is 3.54. The smallest absolute Gasteiger partial charge is 0.137 e. The lowest BCUT2D eigenvalue weighted by Crippen LogP contribution is -2.36. The third-order valence-corrected chi connectivity index (χ3v) is 4.43. The van der Waals surface area contributed by atoms with E-state index in [4.69, 9.17) is 5.73 Å². The Morgan fingerprint density at radius 1 is 1.39 bits per heavy atom. The molecule has 0 saturated heterocycles. The Bertz CT molecular complexity index is 423. The molecule has 1 aliphatic carbocycles. The van der Waals surface area contributed by atoms with E-state index >= 15 is 0 Å². The molecule has 100 valence electrons. The first-order valence-electron chi connectivity index (χ1n) is 6.54. The summed E-state index contributed by atoms with van der Waals surface area (Å²) in [5.41, 5.74) is 7.78. The molecule has 2 nitrogen and oxygen atoms in total. The summed E-state index contributed by atoms with van der Waals surface area (Å²) >= 11 is 3.24. The minimum Gasteiger partial charge on any atom is -0.382 e. The molecule has 4 heteroatoms. The van der Waals surface area contributed by atoms with Gasteiger partial charge in [0.2, 0.25) is 0 Å². The van der Waals surface area contributed by atoms with E-state index in [9.17, 15) is 4.39 Å². The summed E-state index contributed by atoms with van der Waals surface area (Å²) in [6, 6.07) is 3.80. The van der Waals surface area contributed by atoms with Gasteiger partial charge in [-0.05, 0) is 65.9 Å².